The van der Waals surface area contributed by atoms with E-state index in [1.54, 1.807) is 0 Å². The maximum absolute atomic E-state index is 11.3. The molecule has 0 aromatic carbocycles. The first-order valence-corrected chi connectivity index (χ1v) is 5.95. The summed E-state index contributed by atoms with van der Waals surface area (Å²) >= 11 is 3.39. The summed E-state index contributed by atoms with van der Waals surface area (Å²) in [7, 11) is 0. The van der Waals surface area contributed by atoms with Gasteiger partial charge in [-0.1, -0.05) is 29.3 Å². The number of amides is 3. The zero-order valence-corrected chi connectivity index (χ0v) is 9.84. The highest BCUT2D eigenvalue weighted by Crippen LogP contribution is 2.13. The van der Waals surface area contributed by atoms with E-state index in [2.05, 4.69) is 28.2 Å². The van der Waals surface area contributed by atoms with E-state index >= 15 is 0 Å². The van der Waals surface area contributed by atoms with Crippen LogP contribution in [0.3, 0.4) is 0 Å². The first-order valence-electron chi connectivity index (χ1n) is 4.83. The van der Waals surface area contributed by atoms with Crippen LogP contribution in [0.1, 0.15) is 19.8 Å². The van der Waals surface area contributed by atoms with Crippen LogP contribution in [0.4, 0.5) is 4.79 Å². The van der Waals surface area contributed by atoms with E-state index in [1.807, 2.05) is 0 Å². The molecule has 1 unspecified atom stereocenters. The third-order valence-corrected chi connectivity index (χ3v) is 3.21. The van der Waals surface area contributed by atoms with Gasteiger partial charge in [-0.25, -0.2) is 4.79 Å². The third-order valence-electron chi connectivity index (χ3n) is 2.29. The highest BCUT2D eigenvalue weighted by Gasteiger charge is 2.29. The number of imide groups is 1. The smallest absolute Gasteiger partial charge is 0.324 e. The Labute approximate surface area is 92.2 Å². The molecule has 80 valence electrons. The first-order chi connectivity index (χ1) is 6.69. The van der Waals surface area contributed by atoms with Crippen LogP contribution in [0, 0.1) is 5.92 Å². The summed E-state index contributed by atoms with van der Waals surface area (Å²) in [6.07, 6.45) is 2.10. The molecule has 1 saturated heterocycles. The summed E-state index contributed by atoms with van der Waals surface area (Å²) in [6, 6.07) is -0.253. The van der Waals surface area contributed by atoms with Crippen LogP contribution in [0.5, 0.6) is 0 Å². The molecule has 1 atom stereocenters. The summed E-state index contributed by atoms with van der Waals surface area (Å²) in [6.45, 7) is 2.78. The molecule has 0 radical (unpaired) electrons. The fourth-order valence-corrected chi connectivity index (χ4v) is 2.05. The van der Waals surface area contributed by atoms with Gasteiger partial charge in [0.15, 0.2) is 0 Å². The molecule has 5 heteroatoms. The molecular formula is C9H15BrN2O2. The zero-order chi connectivity index (χ0) is 10.6. The van der Waals surface area contributed by atoms with Crippen molar-refractivity contribution in [2.45, 2.75) is 19.8 Å². The van der Waals surface area contributed by atoms with Crippen LogP contribution < -0.4 is 5.32 Å². The van der Waals surface area contributed by atoms with Crippen LogP contribution in [-0.2, 0) is 4.79 Å². The van der Waals surface area contributed by atoms with Crippen LogP contribution in [0.15, 0.2) is 0 Å². The monoisotopic (exact) mass is 262 g/mol. The highest BCUT2D eigenvalue weighted by molar-refractivity contribution is 9.09. The molecule has 1 aliphatic heterocycles. The van der Waals surface area contributed by atoms with E-state index in [9.17, 15) is 9.59 Å². The molecule has 1 rings (SSSR count). The van der Waals surface area contributed by atoms with Crippen LogP contribution in [-0.4, -0.2) is 35.3 Å². The number of hydrogen-bond donors (Lipinski definition) is 1. The van der Waals surface area contributed by atoms with Gasteiger partial charge in [0.1, 0.15) is 0 Å². The number of carbonyl (C=O) groups excluding carboxylic acids is 2. The summed E-state index contributed by atoms with van der Waals surface area (Å²) in [5.41, 5.74) is 0. The Hall–Kier alpha value is -0.580. The van der Waals surface area contributed by atoms with Gasteiger partial charge >= 0.3 is 6.03 Å². The maximum Gasteiger partial charge on any atom is 0.324 e. The Kier molecular flexibility index (Phi) is 4.38. The number of halogens is 1. The standard InChI is InChI=1S/C9H15BrN2O2/c1-2-3-7(4-10)6-12-8(13)5-11-9(12)14/h7H,2-6H2,1H3,(H,11,14). The molecule has 0 spiro atoms. The molecule has 0 aromatic heterocycles. The van der Waals surface area contributed by atoms with E-state index in [4.69, 9.17) is 0 Å². The van der Waals surface area contributed by atoms with Crippen molar-refractivity contribution >= 4 is 27.9 Å². The molecule has 14 heavy (non-hydrogen) atoms. The SMILES string of the molecule is CCCC(CBr)CN1C(=O)CNC1=O. The predicted molar refractivity (Wildman–Crippen MR) is 57.3 cm³/mol. The molecule has 4 nitrogen and oxygen atoms in total. The molecule has 1 aliphatic rings. The normalized spacial score (nSPS) is 18.6. The van der Waals surface area contributed by atoms with Crippen molar-refractivity contribution in [3.63, 3.8) is 0 Å². The zero-order valence-electron chi connectivity index (χ0n) is 8.25. The lowest BCUT2D eigenvalue weighted by molar-refractivity contribution is -0.125. The topological polar surface area (TPSA) is 49.4 Å². The largest absolute Gasteiger partial charge is 0.329 e. The summed E-state index contributed by atoms with van der Waals surface area (Å²) in [4.78, 5) is 23.8. The maximum atomic E-state index is 11.3. The van der Waals surface area contributed by atoms with Gasteiger partial charge in [-0.05, 0) is 12.3 Å². The first kappa shape index (κ1) is 11.5. The summed E-state index contributed by atoms with van der Waals surface area (Å²) in [5.74, 6) is 0.254. The Bertz CT molecular complexity index is 217. The Morgan fingerprint density at radius 1 is 1.57 bits per heavy atom. The number of alkyl halides is 1. The molecule has 1 fully saturated rings. The number of nitrogens with one attached hydrogen (secondary N) is 1. The van der Waals surface area contributed by atoms with Gasteiger partial charge < -0.3 is 5.32 Å². The number of rotatable bonds is 5. The van der Waals surface area contributed by atoms with Gasteiger partial charge in [0.05, 0.1) is 6.54 Å². The average molecular weight is 263 g/mol. The van der Waals surface area contributed by atoms with Gasteiger partial charge in [-0.3, -0.25) is 9.69 Å². The highest BCUT2D eigenvalue weighted by atomic mass is 79.9. The minimum atomic E-state index is -0.253. The second kappa shape index (κ2) is 5.34. The molecular weight excluding hydrogens is 248 g/mol. The fourth-order valence-electron chi connectivity index (χ4n) is 1.52. The minimum Gasteiger partial charge on any atom is -0.329 e. The molecule has 0 saturated carbocycles. The van der Waals surface area contributed by atoms with Gasteiger partial charge in [-0.2, -0.15) is 0 Å². The number of nitrogens with zero attached hydrogens (tertiary/aromatic N) is 1. The predicted octanol–water partition coefficient (Wildman–Crippen LogP) is 1.35. The lowest BCUT2D eigenvalue weighted by Gasteiger charge is -2.19. The van der Waals surface area contributed by atoms with E-state index in [0.717, 1.165) is 18.2 Å². The number of carbonyl (C=O) groups is 2. The Balaban J connectivity index is 2.48. The molecule has 0 aromatic rings. The second-order valence-electron chi connectivity index (χ2n) is 3.47. The molecule has 1 N–H and O–H groups in total. The second-order valence-corrected chi connectivity index (χ2v) is 4.12. The summed E-state index contributed by atoms with van der Waals surface area (Å²) < 4.78 is 0. The van der Waals surface area contributed by atoms with Crippen molar-refractivity contribution in [3.05, 3.63) is 0 Å². The molecule has 3 amide bonds. The van der Waals surface area contributed by atoms with E-state index < -0.39 is 0 Å². The van der Waals surface area contributed by atoms with Crippen molar-refractivity contribution < 1.29 is 9.59 Å². The van der Waals surface area contributed by atoms with Crippen molar-refractivity contribution in [1.82, 2.24) is 10.2 Å². The molecule has 0 bridgehead atoms. The van der Waals surface area contributed by atoms with E-state index in [-0.39, 0.29) is 18.5 Å². The lowest BCUT2D eigenvalue weighted by Crippen LogP contribution is -2.35. The van der Waals surface area contributed by atoms with Gasteiger partial charge in [0.2, 0.25) is 5.91 Å². The molecule has 1 heterocycles. The Morgan fingerprint density at radius 3 is 2.71 bits per heavy atom. The molecule has 0 aliphatic carbocycles. The van der Waals surface area contributed by atoms with Crippen LogP contribution in [0.25, 0.3) is 0 Å². The number of urea groups is 1. The average Bonchev–Trinajstić information content (AvgIpc) is 2.48. The quantitative estimate of drug-likeness (QED) is 0.601. The van der Waals surface area contributed by atoms with Crippen molar-refractivity contribution in [2.75, 3.05) is 18.4 Å². The fraction of sp³-hybridized carbons (Fsp3) is 0.778. The van der Waals surface area contributed by atoms with Gasteiger partial charge in [0, 0.05) is 11.9 Å². The third kappa shape index (κ3) is 2.70. The van der Waals surface area contributed by atoms with Gasteiger partial charge in [0.25, 0.3) is 0 Å². The van der Waals surface area contributed by atoms with E-state index in [0.29, 0.717) is 12.5 Å². The van der Waals surface area contributed by atoms with Gasteiger partial charge in [-0.15, -0.1) is 0 Å². The lowest BCUT2D eigenvalue weighted by atomic mass is 10.1. The minimum absolute atomic E-state index is 0.114. The van der Waals surface area contributed by atoms with Crippen molar-refractivity contribution in [1.29, 1.82) is 0 Å². The van der Waals surface area contributed by atoms with Crippen molar-refractivity contribution in [3.8, 4) is 0 Å². The summed E-state index contributed by atoms with van der Waals surface area (Å²) in [5, 5.41) is 3.34. The van der Waals surface area contributed by atoms with Crippen molar-refractivity contribution in [2.24, 2.45) is 5.92 Å². The Morgan fingerprint density at radius 2 is 2.29 bits per heavy atom. The number of hydrogen-bond acceptors (Lipinski definition) is 2. The van der Waals surface area contributed by atoms with E-state index in [1.165, 1.54) is 4.90 Å². The van der Waals surface area contributed by atoms with Crippen LogP contribution in [0.2, 0.25) is 0 Å². The van der Waals surface area contributed by atoms with Crippen LogP contribution >= 0.6 is 15.9 Å².